The fourth-order valence-corrected chi connectivity index (χ4v) is 5.98. The van der Waals surface area contributed by atoms with Crippen LogP contribution in [0, 0.1) is 45.9 Å². The van der Waals surface area contributed by atoms with Crippen LogP contribution in [0.4, 0.5) is 30.7 Å². The molecule has 0 atom stereocenters. The van der Waals surface area contributed by atoms with E-state index in [0.717, 1.165) is 59.4 Å². The molecule has 3 heterocycles. The Bertz CT molecular complexity index is 2200. The summed E-state index contributed by atoms with van der Waals surface area (Å²) in [6.45, 7) is 3.51. The molecule has 15 heteroatoms. The standard InChI is InChI=1S/C13H11F2NO3S.C13H11F2NS.C11H6F3N/c1-2-20(18,19)12-3-4-13(16(17)8-12)9-5-10(14)7-11(15)6-9;1-2-17-12-3-4-13(16-8-12)9-5-10(14)7-11(15)6-9;12-8-1-2-11(15-6-8)7-3-9(13)5-10(14)4-7/h3-8H,2H2,1H3;3-8H,2H2,1H3;1-6H. The largest absolute Gasteiger partial charge is 0.618 e. The van der Waals surface area contributed by atoms with Crippen molar-refractivity contribution in [1.82, 2.24) is 9.97 Å². The molecule has 0 saturated heterocycles. The molecule has 0 spiro atoms. The lowest BCUT2D eigenvalue weighted by atomic mass is 10.1. The van der Waals surface area contributed by atoms with Gasteiger partial charge in [0.05, 0.1) is 28.9 Å². The van der Waals surface area contributed by atoms with Crippen molar-refractivity contribution in [2.75, 3.05) is 11.5 Å². The number of sulfone groups is 1. The molecule has 6 nitrogen and oxygen atoms in total. The molecule has 0 aliphatic rings. The lowest BCUT2D eigenvalue weighted by Gasteiger charge is -2.07. The summed E-state index contributed by atoms with van der Waals surface area (Å²) in [5.41, 5.74) is 1.65. The number of benzene rings is 3. The van der Waals surface area contributed by atoms with Gasteiger partial charge >= 0.3 is 0 Å². The fourth-order valence-electron chi connectivity index (χ4n) is 4.49. The van der Waals surface area contributed by atoms with E-state index < -0.39 is 50.6 Å². The second-order valence-corrected chi connectivity index (χ2v) is 14.2. The molecule has 270 valence electrons. The number of nitrogens with zero attached hydrogens (tertiary/aromatic N) is 3. The Morgan fingerprint density at radius 1 is 0.596 bits per heavy atom. The fraction of sp³-hybridized carbons (Fsp3) is 0.108. The monoisotopic (exact) mass is 759 g/mol. The topological polar surface area (TPSA) is 86.9 Å². The Labute approximate surface area is 299 Å². The molecule has 0 aliphatic carbocycles. The number of pyridine rings is 3. The molecule has 0 amide bonds. The van der Waals surface area contributed by atoms with Gasteiger partial charge in [0.15, 0.2) is 16.0 Å². The summed E-state index contributed by atoms with van der Waals surface area (Å²) in [7, 11) is -3.50. The zero-order valence-electron chi connectivity index (χ0n) is 27.3. The van der Waals surface area contributed by atoms with Crippen molar-refractivity contribution in [2.45, 2.75) is 23.6 Å². The summed E-state index contributed by atoms with van der Waals surface area (Å²) in [4.78, 5) is 8.84. The Kier molecular flexibility index (Phi) is 13.5. The lowest BCUT2D eigenvalue weighted by molar-refractivity contribution is -0.595. The second-order valence-electron chi connectivity index (χ2n) is 10.6. The third-order valence-corrected chi connectivity index (χ3v) is 9.46. The summed E-state index contributed by atoms with van der Waals surface area (Å²) in [5.74, 6) is -3.84. The maximum Gasteiger partial charge on any atom is 0.224 e. The first-order valence-electron chi connectivity index (χ1n) is 15.2. The van der Waals surface area contributed by atoms with Gasteiger partial charge in [-0.2, -0.15) is 4.73 Å². The van der Waals surface area contributed by atoms with Crippen LogP contribution in [0.2, 0.25) is 0 Å². The van der Waals surface area contributed by atoms with Gasteiger partial charge in [-0.15, -0.1) is 11.8 Å². The van der Waals surface area contributed by atoms with Crippen LogP contribution in [0.3, 0.4) is 0 Å². The molecule has 0 fully saturated rings. The number of rotatable bonds is 7. The van der Waals surface area contributed by atoms with Crippen LogP contribution in [0.15, 0.2) is 119 Å². The van der Waals surface area contributed by atoms with Gasteiger partial charge in [-0.25, -0.2) is 39.2 Å². The van der Waals surface area contributed by atoms with Crippen molar-refractivity contribution in [3.63, 3.8) is 0 Å². The molecule has 0 bridgehead atoms. The molecule has 6 rings (SSSR count). The molecule has 0 radical (unpaired) electrons. The highest BCUT2D eigenvalue weighted by atomic mass is 32.2. The lowest BCUT2D eigenvalue weighted by Crippen LogP contribution is -2.30. The number of halogens is 7. The summed E-state index contributed by atoms with van der Waals surface area (Å²) in [6.07, 6.45) is 3.60. The number of hydrogen-bond donors (Lipinski definition) is 0. The maximum absolute atomic E-state index is 13.1. The molecule has 52 heavy (non-hydrogen) atoms. The van der Waals surface area contributed by atoms with Crippen LogP contribution in [-0.4, -0.2) is 29.9 Å². The molecular formula is C37H28F7N3O3S2. The van der Waals surface area contributed by atoms with Crippen molar-refractivity contribution in [1.29, 1.82) is 0 Å². The van der Waals surface area contributed by atoms with Crippen molar-refractivity contribution in [3.05, 3.63) is 156 Å². The number of aromatic nitrogens is 3. The van der Waals surface area contributed by atoms with Crippen molar-refractivity contribution >= 4 is 21.6 Å². The first kappa shape index (κ1) is 39.5. The Balaban J connectivity index is 0.000000176. The molecule has 0 saturated carbocycles. The Hall–Kier alpha value is -5.28. The predicted octanol–water partition coefficient (Wildman–Crippen LogP) is 9.36. The van der Waals surface area contributed by atoms with Gasteiger partial charge < -0.3 is 5.21 Å². The van der Waals surface area contributed by atoms with Crippen LogP contribution in [0.1, 0.15) is 13.8 Å². The van der Waals surface area contributed by atoms with E-state index in [9.17, 15) is 44.4 Å². The number of hydrogen-bond acceptors (Lipinski definition) is 6. The van der Waals surface area contributed by atoms with Gasteiger partial charge in [-0.1, -0.05) is 13.8 Å². The van der Waals surface area contributed by atoms with Gasteiger partial charge in [-0.3, -0.25) is 9.97 Å². The third-order valence-electron chi connectivity index (χ3n) is 6.88. The molecule has 0 unspecified atom stereocenters. The van der Waals surface area contributed by atoms with E-state index in [2.05, 4.69) is 16.9 Å². The second kappa shape index (κ2) is 17.8. The van der Waals surface area contributed by atoms with Crippen LogP contribution in [-0.2, 0) is 9.84 Å². The maximum atomic E-state index is 13.1. The average molecular weight is 760 g/mol. The smallest absolute Gasteiger partial charge is 0.224 e. The zero-order valence-corrected chi connectivity index (χ0v) is 29.0. The van der Waals surface area contributed by atoms with E-state index in [1.165, 1.54) is 43.3 Å². The van der Waals surface area contributed by atoms with Crippen LogP contribution >= 0.6 is 11.8 Å². The molecular weight excluding hydrogens is 732 g/mol. The highest BCUT2D eigenvalue weighted by Crippen LogP contribution is 2.24. The minimum absolute atomic E-state index is 0.0292. The minimum Gasteiger partial charge on any atom is -0.618 e. The Morgan fingerprint density at radius 2 is 1.06 bits per heavy atom. The van der Waals surface area contributed by atoms with Gasteiger partial charge in [0, 0.05) is 46.5 Å². The SMILES string of the molecule is CCS(=O)(=O)c1ccc(-c2cc(F)cc(F)c2)[n+]([O-])c1.CCSc1ccc(-c2cc(F)cc(F)c2)nc1.Fc1ccc(-c2cc(F)cc(F)c2)nc1. The molecule has 6 aromatic rings. The predicted molar refractivity (Wildman–Crippen MR) is 184 cm³/mol. The quantitative estimate of drug-likeness (QED) is 0.0698. The van der Waals surface area contributed by atoms with Gasteiger partial charge in [0.25, 0.3) is 0 Å². The first-order chi connectivity index (χ1) is 24.7. The van der Waals surface area contributed by atoms with Crippen molar-refractivity contribution in [2.24, 2.45) is 0 Å². The highest BCUT2D eigenvalue weighted by molar-refractivity contribution is 7.99. The molecule has 0 aliphatic heterocycles. The minimum atomic E-state index is -3.50. The van der Waals surface area contributed by atoms with Crippen LogP contribution in [0.5, 0.6) is 0 Å². The van der Waals surface area contributed by atoms with E-state index in [0.29, 0.717) is 23.0 Å². The zero-order chi connectivity index (χ0) is 38.0. The highest BCUT2D eigenvalue weighted by Gasteiger charge is 2.18. The van der Waals surface area contributed by atoms with Gasteiger partial charge in [-0.05, 0) is 72.5 Å². The third kappa shape index (κ3) is 11.1. The average Bonchev–Trinajstić information content (AvgIpc) is 3.08. The normalized spacial score (nSPS) is 10.9. The van der Waals surface area contributed by atoms with Crippen LogP contribution < -0.4 is 4.73 Å². The summed E-state index contributed by atoms with van der Waals surface area (Å²) >= 11 is 1.67. The van der Waals surface area contributed by atoms with Crippen molar-refractivity contribution < 1.29 is 43.9 Å². The van der Waals surface area contributed by atoms with Gasteiger partial charge in [0.2, 0.25) is 5.69 Å². The molecule has 0 N–H and O–H groups in total. The summed E-state index contributed by atoms with van der Waals surface area (Å²) in [5, 5.41) is 11.8. The number of thioether (sulfide) groups is 1. The van der Waals surface area contributed by atoms with Gasteiger partial charge in [0.1, 0.15) is 45.6 Å². The first-order valence-corrected chi connectivity index (χ1v) is 17.9. The van der Waals surface area contributed by atoms with E-state index in [1.54, 1.807) is 24.0 Å². The van der Waals surface area contributed by atoms with E-state index in [1.807, 2.05) is 6.07 Å². The summed E-state index contributed by atoms with van der Waals surface area (Å²) < 4.78 is 114. The van der Waals surface area contributed by atoms with E-state index in [4.69, 9.17) is 0 Å². The Morgan fingerprint density at radius 3 is 1.44 bits per heavy atom. The molecule has 3 aromatic carbocycles. The van der Waals surface area contributed by atoms with Crippen LogP contribution in [0.25, 0.3) is 33.8 Å². The molecule has 3 aromatic heterocycles. The summed E-state index contributed by atoms with van der Waals surface area (Å²) in [6, 6.07) is 17.8. The van der Waals surface area contributed by atoms with E-state index in [-0.39, 0.29) is 32.2 Å². The van der Waals surface area contributed by atoms with E-state index >= 15 is 0 Å². The van der Waals surface area contributed by atoms with Crippen molar-refractivity contribution in [3.8, 4) is 33.8 Å².